The van der Waals surface area contributed by atoms with E-state index in [-0.39, 0.29) is 11.8 Å². The zero-order chi connectivity index (χ0) is 13.8. The van der Waals surface area contributed by atoms with Crippen LogP contribution in [-0.4, -0.2) is 23.4 Å². The molecule has 0 spiro atoms. The second kappa shape index (κ2) is 6.02. The molecule has 2 heterocycles. The van der Waals surface area contributed by atoms with E-state index in [4.69, 9.17) is 0 Å². The van der Waals surface area contributed by atoms with Gasteiger partial charge in [0, 0.05) is 22.7 Å². The number of nitrogens with one attached hydrogen (secondary N) is 2. The van der Waals surface area contributed by atoms with Gasteiger partial charge in [-0.3, -0.25) is 4.79 Å². The van der Waals surface area contributed by atoms with E-state index in [9.17, 15) is 4.79 Å². The average molecular weight is 258 g/mol. The van der Waals surface area contributed by atoms with Crippen LogP contribution in [0, 0.1) is 6.92 Å². The van der Waals surface area contributed by atoms with Crippen LogP contribution in [0.25, 0.3) is 10.9 Å². The van der Waals surface area contributed by atoms with E-state index in [1.165, 1.54) is 5.56 Å². The molecule has 1 aromatic heterocycles. The largest absolute Gasteiger partial charge is 0.360 e. The lowest BCUT2D eigenvalue weighted by molar-refractivity contribution is 0.0954. The fraction of sp³-hybridized carbons (Fsp3) is 0.438. The third kappa shape index (κ3) is 2.71. The highest BCUT2D eigenvalue weighted by Gasteiger charge is 2.25. The van der Waals surface area contributed by atoms with Gasteiger partial charge in [0.15, 0.2) is 5.78 Å². The Morgan fingerprint density at radius 3 is 2.79 bits per heavy atom. The molecule has 2 aromatic rings. The molecule has 2 N–H and O–H groups in total. The van der Waals surface area contributed by atoms with Gasteiger partial charge in [-0.1, -0.05) is 25.5 Å². The maximum Gasteiger partial charge on any atom is 0.181 e. The van der Waals surface area contributed by atoms with Crippen LogP contribution in [0.2, 0.25) is 0 Å². The molecule has 0 bridgehead atoms. The molecule has 0 aliphatic carbocycles. The summed E-state index contributed by atoms with van der Waals surface area (Å²) < 4.78 is 0. The van der Waals surface area contributed by atoms with Crippen molar-refractivity contribution in [3.8, 4) is 0 Å². The van der Waals surface area contributed by atoms with Crippen molar-refractivity contribution in [3.05, 3.63) is 35.5 Å². The number of carbonyl (C=O) groups excluding carboxylic acids is 1. The number of Topliss-reactive ketones (excluding diaryl/α,β-unsaturated/α-hetero) is 1. The van der Waals surface area contributed by atoms with Crippen molar-refractivity contribution in [1.82, 2.24) is 10.3 Å². The second-order valence-electron chi connectivity index (χ2n) is 4.76. The molecular weight excluding hydrogens is 236 g/mol. The van der Waals surface area contributed by atoms with Crippen molar-refractivity contribution in [2.75, 3.05) is 6.54 Å². The van der Waals surface area contributed by atoms with E-state index in [2.05, 4.69) is 29.4 Å². The van der Waals surface area contributed by atoms with Gasteiger partial charge in [0.25, 0.3) is 0 Å². The van der Waals surface area contributed by atoms with Crippen LogP contribution < -0.4 is 5.32 Å². The number of benzene rings is 1. The number of hydrogen-bond donors (Lipinski definition) is 2. The van der Waals surface area contributed by atoms with Gasteiger partial charge < -0.3 is 10.3 Å². The molecule has 3 nitrogen and oxygen atoms in total. The van der Waals surface area contributed by atoms with Gasteiger partial charge in [0.05, 0.1) is 6.04 Å². The Balaban J connectivity index is 0.000000637. The maximum atomic E-state index is 12.4. The van der Waals surface area contributed by atoms with Gasteiger partial charge in [-0.2, -0.15) is 0 Å². The topological polar surface area (TPSA) is 44.9 Å². The Labute approximate surface area is 114 Å². The van der Waals surface area contributed by atoms with Gasteiger partial charge in [0.1, 0.15) is 0 Å². The fourth-order valence-corrected chi connectivity index (χ4v) is 2.53. The number of H-pyrrole nitrogens is 1. The molecule has 1 fully saturated rings. The van der Waals surface area contributed by atoms with Gasteiger partial charge in [-0.05, 0) is 38.4 Å². The highest BCUT2D eigenvalue weighted by Crippen LogP contribution is 2.22. The summed E-state index contributed by atoms with van der Waals surface area (Å²) in [6.45, 7) is 7.01. The van der Waals surface area contributed by atoms with Crippen LogP contribution in [-0.2, 0) is 0 Å². The normalized spacial score (nSPS) is 18.2. The first-order valence-electron chi connectivity index (χ1n) is 7.11. The Morgan fingerprint density at radius 1 is 1.32 bits per heavy atom. The Hall–Kier alpha value is -1.61. The first-order chi connectivity index (χ1) is 9.25. The van der Waals surface area contributed by atoms with Crippen LogP contribution in [0.4, 0.5) is 0 Å². The number of carbonyl (C=O) groups is 1. The monoisotopic (exact) mass is 258 g/mol. The fourth-order valence-electron chi connectivity index (χ4n) is 2.53. The zero-order valence-electron chi connectivity index (χ0n) is 11.9. The van der Waals surface area contributed by atoms with Crippen molar-refractivity contribution < 1.29 is 4.79 Å². The van der Waals surface area contributed by atoms with Crippen LogP contribution in [0.3, 0.4) is 0 Å². The first-order valence-corrected chi connectivity index (χ1v) is 7.11. The van der Waals surface area contributed by atoms with Crippen LogP contribution in [0.1, 0.15) is 42.6 Å². The summed E-state index contributed by atoms with van der Waals surface area (Å²) in [7, 11) is 0. The van der Waals surface area contributed by atoms with Crippen LogP contribution in [0.5, 0.6) is 0 Å². The lowest BCUT2D eigenvalue weighted by Crippen LogP contribution is -2.30. The summed E-state index contributed by atoms with van der Waals surface area (Å²) in [4.78, 5) is 15.5. The van der Waals surface area contributed by atoms with Gasteiger partial charge >= 0.3 is 0 Å². The zero-order valence-corrected chi connectivity index (χ0v) is 11.9. The molecule has 102 valence electrons. The van der Waals surface area contributed by atoms with Crippen molar-refractivity contribution >= 4 is 16.7 Å². The summed E-state index contributed by atoms with van der Waals surface area (Å²) in [5, 5.41) is 4.31. The van der Waals surface area contributed by atoms with E-state index >= 15 is 0 Å². The SMILES string of the molecule is CC.Cc1ccc2[nH]cc(C(=O)C3CCCN3)c2c1. The molecule has 1 aliphatic heterocycles. The molecule has 0 radical (unpaired) electrons. The molecule has 1 aromatic carbocycles. The molecule has 3 rings (SSSR count). The molecule has 3 heteroatoms. The third-order valence-corrected chi connectivity index (χ3v) is 3.48. The van der Waals surface area contributed by atoms with Crippen LogP contribution >= 0.6 is 0 Å². The summed E-state index contributed by atoms with van der Waals surface area (Å²) in [5.74, 6) is 0.222. The maximum absolute atomic E-state index is 12.4. The number of fused-ring (bicyclic) bond motifs is 1. The third-order valence-electron chi connectivity index (χ3n) is 3.48. The molecule has 1 aliphatic rings. The molecule has 19 heavy (non-hydrogen) atoms. The predicted octanol–water partition coefficient (Wildman–Crippen LogP) is 3.44. The Bertz CT molecular complexity index is 565. The summed E-state index contributed by atoms with van der Waals surface area (Å²) in [5.41, 5.74) is 3.05. The molecule has 0 saturated carbocycles. The van der Waals surface area contributed by atoms with Crippen LogP contribution in [0.15, 0.2) is 24.4 Å². The minimum Gasteiger partial charge on any atom is -0.360 e. The number of rotatable bonds is 2. The standard InChI is InChI=1S/C14H16N2O.C2H6/c1-9-4-5-12-10(7-9)11(8-16-12)14(17)13-3-2-6-15-13;1-2/h4-5,7-8,13,15-16H,2-3,6H2,1H3;1-2H3. The quantitative estimate of drug-likeness (QED) is 0.810. The number of aromatic amines is 1. The van der Waals surface area contributed by atoms with E-state index in [1.807, 2.05) is 26.1 Å². The summed E-state index contributed by atoms with van der Waals surface area (Å²) in [6, 6.07) is 6.17. The molecular formula is C16H22N2O. The predicted molar refractivity (Wildman–Crippen MR) is 79.7 cm³/mol. The minimum absolute atomic E-state index is 0.00881. The molecule has 0 amide bonds. The average Bonchev–Trinajstić information content (AvgIpc) is 3.09. The van der Waals surface area contributed by atoms with Gasteiger partial charge in [-0.25, -0.2) is 0 Å². The van der Waals surface area contributed by atoms with Crippen molar-refractivity contribution in [1.29, 1.82) is 0 Å². The van der Waals surface area contributed by atoms with Crippen molar-refractivity contribution in [2.45, 2.75) is 39.7 Å². The lowest BCUT2D eigenvalue weighted by atomic mass is 10.0. The van der Waals surface area contributed by atoms with E-state index in [1.54, 1.807) is 0 Å². The molecule has 1 atom stereocenters. The summed E-state index contributed by atoms with van der Waals surface area (Å²) in [6.07, 6.45) is 3.89. The number of hydrogen-bond acceptors (Lipinski definition) is 2. The van der Waals surface area contributed by atoms with Crippen molar-refractivity contribution in [3.63, 3.8) is 0 Å². The highest BCUT2D eigenvalue weighted by atomic mass is 16.1. The number of aryl methyl sites for hydroxylation is 1. The van der Waals surface area contributed by atoms with Gasteiger partial charge in [-0.15, -0.1) is 0 Å². The van der Waals surface area contributed by atoms with Crippen molar-refractivity contribution in [2.24, 2.45) is 0 Å². The second-order valence-corrected chi connectivity index (χ2v) is 4.76. The smallest absolute Gasteiger partial charge is 0.181 e. The highest BCUT2D eigenvalue weighted by molar-refractivity contribution is 6.10. The minimum atomic E-state index is 0.00881. The Kier molecular flexibility index (Phi) is 4.38. The molecule has 1 unspecified atom stereocenters. The summed E-state index contributed by atoms with van der Waals surface area (Å²) >= 11 is 0. The Morgan fingerprint density at radius 2 is 2.11 bits per heavy atom. The first kappa shape index (κ1) is 13.8. The van der Waals surface area contributed by atoms with E-state index in [0.29, 0.717) is 0 Å². The van der Waals surface area contributed by atoms with Gasteiger partial charge in [0.2, 0.25) is 0 Å². The number of aromatic nitrogens is 1. The molecule has 1 saturated heterocycles. The lowest BCUT2D eigenvalue weighted by Gasteiger charge is -2.07. The van der Waals surface area contributed by atoms with E-state index < -0.39 is 0 Å². The van der Waals surface area contributed by atoms with E-state index in [0.717, 1.165) is 35.9 Å². The number of ketones is 1.